The number of carbonyl (C=O) groups excluding carboxylic acids is 1. The SMILES string of the molecule is NC1C(=O)Nc2cc(OCc3ccc(Br)cc3)c(Cl)cc21. The molecule has 0 saturated carbocycles. The Morgan fingerprint density at radius 3 is 2.71 bits per heavy atom. The van der Waals surface area contributed by atoms with E-state index in [4.69, 9.17) is 22.1 Å². The van der Waals surface area contributed by atoms with Crippen LogP contribution in [-0.4, -0.2) is 5.91 Å². The van der Waals surface area contributed by atoms with Gasteiger partial charge in [-0.2, -0.15) is 0 Å². The van der Waals surface area contributed by atoms with Crippen LogP contribution in [0.5, 0.6) is 5.75 Å². The van der Waals surface area contributed by atoms with E-state index >= 15 is 0 Å². The summed E-state index contributed by atoms with van der Waals surface area (Å²) in [5.74, 6) is 0.291. The van der Waals surface area contributed by atoms with Crippen LogP contribution in [0.2, 0.25) is 5.02 Å². The van der Waals surface area contributed by atoms with Gasteiger partial charge >= 0.3 is 0 Å². The maximum Gasteiger partial charge on any atom is 0.245 e. The third-order valence-corrected chi connectivity index (χ3v) is 4.11. The van der Waals surface area contributed by atoms with Crippen molar-refractivity contribution in [3.8, 4) is 5.75 Å². The number of ether oxygens (including phenoxy) is 1. The van der Waals surface area contributed by atoms with Gasteiger partial charge in [-0.1, -0.05) is 39.7 Å². The molecule has 1 atom stereocenters. The summed E-state index contributed by atoms with van der Waals surface area (Å²) < 4.78 is 6.73. The molecule has 6 heteroatoms. The molecule has 108 valence electrons. The van der Waals surface area contributed by atoms with E-state index in [1.807, 2.05) is 24.3 Å². The molecule has 1 aliphatic rings. The Hall–Kier alpha value is -1.56. The maximum absolute atomic E-state index is 11.5. The highest BCUT2D eigenvalue weighted by atomic mass is 79.9. The summed E-state index contributed by atoms with van der Waals surface area (Å²) in [5.41, 5.74) is 8.15. The molecule has 0 radical (unpaired) electrons. The molecule has 0 aliphatic carbocycles. The van der Waals surface area contributed by atoms with Crippen LogP contribution in [0.4, 0.5) is 5.69 Å². The highest BCUT2D eigenvalue weighted by molar-refractivity contribution is 9.10. The molecule has 0 fully saturated rings. The zero-order valence-electron chi connectivity index (χ0n) is 10.9. The number of amides is 1. The Balaban J connectivity index is 1.79. The quantitative estimate of drug-likeness (QED) is 0.870. The van der Waals surface area contributed by atoms with Crippen LogP contribution in [0.1, 0.15) is 17.2 Å². The van der Waals surface area contributed by atoms with E-state index in [2.05, 4.69) is 21.2 Å². The van der Waals surface area contributed by atoms with Gasteiger partial charge in [0, 0.05) is 21.8 Å². The number of anilines is 1. The Labute approximate surface area is 135 Å². The minimum atomic E-state index is -0.668. The lowest BCUT2D eigenvalue weighted by Crippen LogP contribution is -2.19. The van der Waals surface area contributed by atoms with Gasteiger partial charge in [0.15, 0.2) is 0 Å². The van der Waals surface area contributed by atoms with Crippen molar-refractivity contribution in [2.45, 2.75) is 12.6 Å². The third kappa shape index (κ3) is 2.90. The van der Waals surface area contributed by atoms with Gasteiger partial charge in [-0.15, -0.1) is 0 Å². The molecule has 2 aromatic carbocycles. The zero-order chi connectivity index (χ0) is 15.0. The summed E-state index contributed by atoms with van der Waals surface area (Å²) in [5, 5.41) is 3.15. The molecule has 1 unspecified atom stereocenters. The Morgan fingerprint density at radius 1 is 1.29 bits per heavy atom. The fraction of sp³-hybridized carbons (Fsp3) is 0.133. The Kier molecular flexibility index (Phi) is 3.89. The maximum atomic E-state index is 11.5. The number of benzene rings is 2. The number of hydrogen-bond donors (Lipinski definition) is 2. The molecule has 0 aromatic heterocycles. The van der Waals surface area contributed by atoms with Gasteiger partial charge in [0.1, 0.15) is 18.4 Å². The van der Waals surface area contributed by atoms with Gasteiger partial charge in [0.25, 0.3) is 0 Å². The molecule has 0 bridgehead atoms. The molecule has 3 N–H and O–H groups in total. The first-order valence-electron chi connectivity index (χ1n) is 6.32. The van der Waals surface area contributed by atoms with Crippen molar-refractivity contribution in [1.82, 2.24) is 0 Å². The Bertz CT molecular complexity index is 704. The molecule has 1 aliphatic heterocycles. The summed E-state index contributed by atoms with van der Waals surface area (Å²) in [7, 11) is 0. The van der Waals surface area contributed by atoms with Crippen molar-refractivity contribution >= 4 is 39.1 Å². The fourth-order valence-corrected chi connectivity index (χ4v) is 2.63. The number of carbonyl (C=O) groups is 1. The smallest absolute Gasteiger partial charge is 0.245 e. The van der Waals surface area contributed by atoms with Gasteiger partial charge in [-0.05, 0) is 23.8 Å². The molecule has 1 amide bonds. The van der Waals surface area contributed by atoms with E-state index < -0.39 is 6.04 Å². The molecule has 1 heterocycles. The van der Waals surface area contributed by atoms with E-state index in [0.29, 0.717) is 28.6 Å². The van der Waals surface area contributed by atoms with Gasteiger partial charge in [-0.25, -0.2) is 0 Å². The second kappa shape index (κ2) is 5.67. The zero-order valence-corrected chi connectivity index (χ0v) is 13.2. The lowest BCUT2D eigenvalue weighted by atomic mass is 10.1. The number of nitrogens with two attached hydrogens (primary N) is 1. The largest absolute Gasteiger partial charge is 0.487 e. The fourth-order valence-electron chi connectivity index (χ4n) is 2.14. The minimum Gasteiger partial charge on any atom is -0.487 e. The lowest BCUT2D eigenvalue weighted by molar-refractivity contribution is -0.116. The van der Waals surface area contributed by atoms with E-state index in [-0.39, 0.29) is 5.91 Å². The van der Waals surface area contributed by atoms with Crippen LogP contribution in [0.15, 0.2) is 40.9 Å². The van der Waals surface area contributed by atoms with Gasteiger partial charge in [0.05, 0.1) is 5.02 Å². The number of hydrogen-bond acceptors (Lipinski definition) is 3. The van der Waals surface area contributed by atoms with Crippen molar-refractivity contribution < 1.29 is 9.53 Å². The van der Waals surface area contributed by atoms with Crippen LogP contribution in [0.25, 0.3) is 0 Å². The highest BCUT2D eigenvalue weighted by Crippen LogP contribution is 2.37. The lowest BCUT2D eigenvalue weighted by Gasteiger charge is -2.11. The Morgan fingerprint density at radius 2 is 2.00 bits per heavy atom. The van der Waals surface area contributed by atoms with Crippen molar-refractivity contribution in [2.24, 2.45) is 5.73 Å². The van der Waals surface area contributed by atoms with E-state index in [1.54, 1.807) is 12.1 Å². The predicted octanol–water partition coefficient (Wildman–Crippen LogP) is 3.63. The topological polar surface area (TPSA) is 64.4 Å². The molecule has 0 saturated heterocycles. The van der Waals surface area contributed by atoms with Crippen molar-refractivity contribution in [3.63, 3.8) is 0 Å². The van der Waals surface area contributed by atoms with Crippen molar-refractivity contribution in [3.05, 3.63) is 57.0 Å². The average molecular weight is 368 g/mol. The van der Waals surface area contributed by atoms with Crippen LogP contribution in [0.3, 0.4) is 0 Å². The standard InChI is InChI=1S/C15H12BrClN2O2/c16-9-3-1-8(2-4-9)7-21-13-6-12-10(5-11(13)17)14(18)15(20)19-12/h1-6,14H,7,18H2,(H,19,20). The molecular formula is C15H12BrClN2O2. The summed E-state index contributed by atoms with van der Waals surface area (Å²) >= 11 is 9.57. The van der Waals surface area contributed by atoms with Gasteiger partial charge in [-0.3, -0.25) is 4.79 Å². The summed E-state index contributed by atoms with van der Waals surface area (Å²) in [6.45, 7) is 0.395. The van der Waals surface area contributed by atoms with E-state index in [0.717, 1.165) is 10.0 Å². The molecule has 21 heavy (non-hydrogen) atoms. The molecular weight excluding hydrogens is 356 g/mol. The molecule has 2 aromatic rings. The van der Waals surface area contributed by atoms with Gasteiger partial charge in [0.2, 0.25) is 5.91 Å². The second-order valence-electron chi connectivity index (χ2n) is 4.75. The van der Waals surface area contributed by atoms with Crippen LogP contribution >= 0.6 is 27.5 Å². The number of halogens is 2. The summed E-state index contributed by atoms with van der Waals surface area (Å²) in [6, 6.07) is 10.5. The van der Waals surface area contributed by atoms with Crippen molar-refractivity contribution in [2.75, 3.05) is 5.32 Å². The first-order valence-corrected chi connectivity index (χ1v) is 7.49. The first-order chi connectivity index (χ1) is 10.0. The first kappa shape index (κ1) is 14.4. The second-order valence-corrected chi connectivity index (χ2v) is 6.07. The number of rotatable bonds is 3. The monoisotopic (exact) mass is 366 g/mol. The molecule has 4 nitrogen and oxygen atoms in total. The third-order valence-electron chi connectivity index (χ3n) is 3.29. The summed E-state index contributed by atoms with van der Waals surface area (Å²) in [6.07, 6.45) is 0. The minimum absolute atomic E-state index is 0.230. The predicted molar refractivity (Wildman–Crippen MR) is 85.5 cm³/mol. The van der Waals surface area contributed by atoms with Crippen molar-refractivity contribution in [1.29, 1.82) is 0 Å². The molecule has 3 rings (SSSR count). The van der Waals surface area contributed by atoms with E-state index in [1.165, 1.54) is 0 Å². The van der Waals surface area contributed by atoms with Crippen LogP contribution < -0.4 is 15.8 Å². The highest BCUT2D eigenvalue weighted by Gasteiger charge is 2.28. The number of nitrogens with one attached hydrogen (secondary N) is 1. The molecule has 0 spiro atoms. The van der Waals surface area contributed by atoms with E-state index in [9.17, 15) is 4.79 Å². The van der Waals surface area contributed by atoms with Gasteiger partial charge < -0.3 is 15.8 Å². The van der Waals surface area contributed by atoms with Crippen LogP contribution in [-0.2, 0) is 11.4 Å². The number of fused-ring (bicyclic) bond motifs is 1. The van der Waals surface area contributed by atoms with Crippen LogP contribution in [0, 0.1) is 0 Å². The normalized spacial score (nSPS) is 16.5. The average Bonchev–Trinajstić information content (AvgIpc) is 2.73. The summed E-state index contributed by atoms with van der Waals surface area (Å²) in [4.78, 5) is 11.5.